The quantitative estimate of drug-likeness (QED) is 0.144. The molecule has 2 nitrogen and oxygen atoms in total. The molecule has 0 aliphatic rings. The molecule has 2 heteroatoms. The maximum absolute atomic E-state index is 6.24. The van der Waals surface area contributed by atoms with Gasteiger partial charge in [-0.15, -0.1) is 0 Å². The molecule has 0 amide bonds. The van der Waals surface area contributed by atoms with Crippen LogP contribution in [0.5, 0.6) is 0 Å². The van der Waals surface area contributed by atoms with Crippen molar-refractivity contribution in [2.75, 3.05) is 5.32 Å². The van der Waals surface area contributed by atoms with Gasteiger partial charge in [0.05, 0.1) is 0 Å². The van der Waals surface area contributed by atoms with E-state index in [0.717, 1.165) is 44.4 Å². The SMILES string of the molecule is c1ccc(-c2ccc3c(c2)oc2ccccc23)c(Nc2ccc(-c3c4ccccc4c(-c4cc5ccccc5c5ccccc45)c4ccccc34)cc2)c1. The van der Waals surface area contributed by atoms with E-state index >= 15 is 0 Å². The van der Waals surface area contributed by atoms with Crippen LogP contribution in [0.25, 0.3) is 98.4 Å². The highest BCUT2D eigenvalue weighted by atomic mass is 16.3. The van der Waals surface area contributed by atoms with Gasteiger partial charge in [0, 0.05) is 27.7 Å². The molecule has 0 bridgehead atoms. The average Bonchev–Trinajstić information content (AvgIpc) is 3.61. The molecule has 0 aliphatic heterocycles. The average molecular weight is 688 g/mol. The first-order valence-electron chi connectivity index (χ1n) is 18.5. The normalized spacial score (nSPS) is 11.7. The minimum Gasteiger partial charge on any atom is -0.456 e. The van der Waals surface area contributed by atoms with Crippen LogP contribution >= 0.6 is 0 Å². The smallest absolute Gasteiger partial charge is 0.136 e. The Morgan fingerprint density at radius 1 is 0.315 bits per heavy atom. The van der Waals surface area contributed by atoms with Gasteiger partial charge in [0.25, 0.3) is 0 Å². The van der Waals surface area contributed by atoms with E-state index in [1.165, 1.54) is 65.3 Å². The summed E-state index contributed by atoms with van der Waals surface area (Å²) in [7, 11) is 0. The van der Waals surface area contributed by atoms with E-state index < -0.39 is 0 Å². The number of fused-ring (bicyclic) bond motifs is 8. The maximum Gasteiger partial charge on any atom is 0.136 e. The lowest BCUT2D eigenvalue weighted by Gasteiger charge is -2.20. The summed E-state index contributed by atoms with van der Waals surface area (Å²) in [5.41, 5.74) is 11.1. The first-order chi connectivity index (χ1) is 26.8. The number of benzene rings is 10. The van der Waals surface area contributed by atoms with E-state index in [-0.39, 0.29) is 0 Å². The third-order valence-corrected chi connectivity index (χ3v) is 11.0. The summed E-state index contributed by atoms with van der Waals surface area (Å²) < 4.78 is 6.24. The van der Waals surface area contributed by atoms with Gasteiger partial charge in [-0.2, -0.15) is 0 Å². The lowest BCUT2D eigenvalue weighted by atomic mass is 9.84. The van der Waals surface area contributed by atoms with Crippen molar-refractivity contribution in [3.8, 4) is 33.4 Å². The highest BCUT2D eigenvalue weighted by molar-refractivity contribution is 6.25. The fourth-order valence-corrected chi connectivity index (χ4v) is 8.60. The third-order valence-electron chi connectivity index (χ3n) is 11.0. The molecule has 54 heavy (non-hydrogen) atoms. The number of hydrogen-bond donors (Lipinski definition) is 1. The number of para-hydroxylation sites is 2. The standard InChI is InChI=1S/C52H33NO/c1-2-14-37-34(13-1)31-47(40-17-4-3-16-39(37)40)52-45-21-7-5-19-43(45)51(44-20-6-8-22-46(44)52)33-25-28-36(29-26-33)53-48-23-11-9-15-38(48)35-27-30-42-41-18-10-12-24-49(41)54-50(42)32-35/h1-32,53H. The van der Waals surface area contributed by atoms with E-state index in [2.05, 4.69) is 187 Å². The molecule has 10 aromatic carbocycles. The molecule has 0 saturated carbocycles. The summed E-state index contributed by atoms with van der Waals surface area (Å²) >= 11 is 0. The second-order valence-electron chi connectivity index (χ2n) is 14.1. The second kappa shape index (κ2) is 12.2. The Bertz CT molecular complexity index is 3190. The zero-order valence-corrected chi connectivity index (χ0v) is 29.4. The predicted molar refractivity (Wildman–Crippen MR) is 230 cm³/mol. The molecular weight excluding hydrogens is 655 g/mol. The van der Waals surface area contributed by atoms with Crippen molar-refractivity contribution < 1.29 is 4.42 Å². The summed E-state index contributed by atoms with van der Waals surface area (Å²) in [6.45, 7) is 0. The van der Waals surface area contributed by atoms with Crippen LogP contribution in [0.15, 0.2) is 199 Å². The van der Waals surface area contributed by atoms with Crippen molar-refractivity contribution in [3.05, 3.63) is 194 Å². The summed E-state index contributed by atoms with van der Waals surface area (Å²) in [5.74, 6) is 0. The summed E-state index contributed by atoms with van der Waals surface area (Å²) in [6, 6.07) is 69.9. The Labute approximate surface area is 312 Å². The van der Waals surface area contributed by atoms with Crippen LogP contribution in [0.1, 0.15) is 0 Å². The summed E-state index contributed by atoms with van der Waals surface area (Å²) in [4.78, 5) is 0. The number of rotatable bonds is 5. The summed E-state index contributed by atoms with van der Waals surface area (Å²) in [6.07, 6.45) is 0. The van der Waals surface area contributed by atoms with Crippen LogP contribution in [0.3, 0.4) is 0 Å². The number of hydrogen-bond acceptors (Lipinski definition) is 2. The lowest BCUT2D eigenvalue weighted by Crippen LogP contribution is -1.94. The fourth-order valence-electron chi connectivity index (χ4n) is 8.60. The molecule has 0 atom stereocenters. The van der Waals surface area contributed by atoms with Crippen LogP contribution < -0.4 is 5.32 Å². The van der Waals surface area contributed by atoms with Crippen molar-refractivity contribution in [3.63, 3.8) is 0 Å². The maximum atomic E-state index is 6.24. The van der Waals surface area contributed by atoms with Crippen molar-refractivity contribution in [2.24, 2.45) is 0 Å². The van der Waals surface area contributed by atoms with Gasteiger partial charge >= 0.3 is 0 Å². The second-order valence-corrected chi connectivity index (χ2v) is 14.1. The van der Waals surface area contributed by atoms with Crippen molar-refractivity contribution in [1.29, 1.82) is 0 Å². The summed E-state index contributed by atoms with van der Waals surface area (Å²) in [5, 5.41) is 16.1. The third kappa shape index (κ3) is 4.81. The van der Waals surface area contributed by atoms with Crippen LogP contribution in [0.4, 0.5) is 11.4 Å². The van der Waals surface area contributed by atoms with Crippen LogP contribution in [0, 0.1) is 0 Å². The highest BCUT2D eigenvalue weighted by Gasteiger charge is 2.19. The van der Waals surface area contributed by atoms with Crippen LogP contribution in [-0.4, -0.2) is 0 Å². The van der Waals surface area contributed by atoms with E-state index in [1.54, 1.807) is 0 Å². The molecule has 11 aromatic rings. The zero-order valence-electron chi connectivity index (χ0n) is 29.4. The molecular formula is C52H33NO. The van der Waals surface area contributed by atoms with E-state index in [1.807, 2.05) is 12.1 Å². The lowest BCUT2D eigenvalue weighted by molar-refractivity contribution is 0.669. The first kappa shape index (κ1) is 30.5. The number of furan rings is 1. The van der Waals surface area contributed by atoms with Crippen LogP contribution in [-0.2, 0) is 0 Å². The predicted octanol–water partition coefficient (Wildman–Crippen LogP) is 14.9. The Kier molecular flexibility index (Phi) is 6.90. The van der Waals surface area contributed by atoms with Crippen molar-refractivity contribution in [1.82, 2.24) is 0 Å². The minimum atomic E-state index is 0.895. The zero-order chi connectivity index (χ0) is 35.6. The van der Waals surface area contributed by atoms with Gasteiger partial charge in [-0.25, -0.2) is 0 Å². The molecule has 252 valence electrons. The molecule has 0 radical (unpaired) electrons. The highest BCUT2D eigenvalue weighted by Crippen LogP contribution is 2.47. The van der Waals surface area contributed by atoms with Gasteiger partial charge in [-0.3, -0.25) is 0 Å². The molecule has 1 N–H and O–H groups in total. The minimum absolute atomic E-state index is 0.895. The molecule has 1 aromatic heterocycles. The van der Waals surface area contributed by atoms with Crippen molar-refractivity contribution >= 4 is 76.4 Å². The van der Waals surface area contributed by atoms with E-state index in [0.29, 0.717) is 0 Å². The Morgan fingerprint density at radius 3 is 1.59 bits per heavy atom. The van der Waals surface area contributed by atoms with Gasteiger partial charge in [-0.1, -0.05) is 152 Å². The fraction of sp³-hybridized carbons (Fsp3) is 0. The Balaban J connectivity index is 1.02. The Hall–Kier alpha value is -7.16. The van der Waals surface area contributed by atoms with Gasteiger partial charge < -0.3 is 9.73 Å². The topological polar surface area (TPSA) is 25.2 Å². The van der Waals surface area contributed by atoms with E-state index in [9.17, 15) is 0 Å². The van der Waals surface area contributed by atoms with Gasteiger partial charge in [0.1, 0.15) is 11.2 Å². The molecule has 0 unspecified atom stereocenters. The monoisotopic (exact) mass is 687 g/mol. The Morgan fingerprint density at radius 2 is 0.852 bits per heavy atom. The van der Waals surface area contributed by atoms with Gasteiger partial charge in [0.2, 0.25) is 0 Å². The largest absolute Gasteiger partial charge is 0.456 e. The molecule has 0 fully saturated rings. The molecule has 0 aliphatic carbocycles. The number of nitrogens with one attached hydrogen (secondary N) is 1. The van der Waals surface area contributed by atoms with E-state index in [4.69, 9.17) is 4.42 Å². The van der Waals surface area contributed by atoms with Crippen molar-refractivity contribution in [2.45, 2.75) is 0 Å². The molecule has 0 spiro atoms. The van der Waals surface area contributed by atoms with Crippen LogP contribution in [0.2, 0.25) is 0 Å². The molecule has 1 heterocycles. The first-order valence-corrected chi connectivity index (χ1v) is 18.5. The molecule has 0 saturated heterocycles. The molecule has 11 rings (SSSR count). The number of anilines is 2. The van der Waals surface area contributed by atoms with Gasteiger partial charge in [0.15, 0.2) is 0 Å². The van der Waals surface area contributed by atoms with Gasteiger partial charge in [-0.05, 0) is 113 Å².